The van der Waals surface area contributed by atoms with Gasteiger partial charge >= 0.3 is 5.97 Å². The molecular weight excluding hydrogens is 370 g/mol. The smallest absolute Gasteiger partial charge is 0.314 e. The van der Waals surface area contributed by atoms with Gasteiger partial charge in [0.15, 0.2) is 6.10 Å². The van der Waals surface area contributed by atoms with Gasteiger partial charge < -0.3 is 10.1 Å². The van der Waals surface area contributed by atoms with E-state index in [2.05, 4.69) is 21.2 Å². The molecule has 0 aromatic heterocycles. The summed E-state index contributed by atoms with van der Waals surface area (Å²) in [6, 6.07) is 16.7. The van der Waals surface area contributed by atoms with Crippen LogP contribution in [0.2, 0.25) is 0 Å². The van der Waals surface area contributed by atoms with Gasteiger partial charge in [-0.25, -0.2) is 0 Å². The number of halogens is 1. The number of rotatable bonds is 6. The molecule has 0 saturated heterocycles. The van der Waals surface area contributed by atoms with Gasteiger partial charge in [-0.3, -0.25) is 9.59 Å². The van der Waals surface area contributed by atoms with Crippen molar-refractivity contribution in [2.45, 2.75) is 32.3 Å². The van der Waals surface area contributed by atoms with E-state index in [0.717, 1.165) is 10.0 Å². The molecule has 5 heteroatoms. The third-order valence-corrected chi connectivity index (χ3v) is 4.20. The zero-order valence-electron chi connectivity index (χ0n) is 13.7. The first-order valence-electron chi connectivity index (χ1n) is 7.83. The predicted molar refractivity (Wildman–Crippen MR) is 97.8 cm³/mol. The highest BCUT2D eigenvalue weighted by Gasteiger charge is 2.25. The topological polar surface area (TPSA) is 55.4 Å². The van der Waals surface area contributed by atoms with E-state index in [4.69, 9.17) is 4.74 Å². The highest BCUT2D eigenvalue weighted by molar-refractivity contribution is 9.10. The van der Waals surface area contributed by atoms with Crippen LogP contribution in [0.1, 0.15) is 31.7 Å². The van der Waals surface area contributed by atoms with Gasteiger partial charge in [0.2, 0.25) is 0 Å². The summed E-state index contributed by atoms with van der Waals surface area (Å²) in [7, 11) is 0. The Kier molecular flexibility index (Phi) is 6.55. The monoisotopic (exact) mass is 389 g/mol. The third kappa shape index (κ3) is 4.93. The van der Waals surface area contributed by atoms with Crippen LogP contribution in [0.4, 0.5) is 5.69 Å². The van der Waals surface area contributed by atoms with Crippen molar-refractivity contribution in [3.8, 4) is 0 Å². The lowest BCUT2D eigenvalue weighted by Crippen LogP contribution is -2.31. The second kappa shape index (κ2) is 8.64. The van der Waals surface area contributed by atoms with Crippen LogP contribution < -0.4 is 5.32 Å². The Hall–Kier alpha value is -2.14. The van der Waals surface area contributed by atoms with E-state index in [1.54, 1.807) is 19.1 Å². The first-order valence-corrected chi connectivity index (χ1v) is 8.62. The molecule has 0 aliphatic carbocycles. The lowest BCUT2D eigenvalue weighted by atomic mass is 9.97. The Morgan fingerprint density at radius 1 is 1.08 bits per heavy atom. The zero-order valence-corrected chi connectivity index (χ0v) is 15.2. The van der Waals surface area contributed by atoms with E-state index >= 15 is 0 Å². The Bertz CT molecular complexity index is 686. The molecule has 2 aromatic rings. The minimum Gasteiger partial charge on any atom is -0.452 e. The minimum absolute atomic E-state index is 0.353. The van der Waals surface area contributed by atoms with Gasteiger partial charge in [0, 0.05) is 10.2 Å². The van der Waals surface area contributed by atoms with Crippen LogP contribution in [-0.4, -0.2) is 18.0 Å². The molecule has 1 N–H and O–H groups in total. The molecule has 0 saturated carbocycles. The van der Waals surface area contributed by atoms with Gasteiger partial charge in [0.05, 0.1) is 5.92 Å². The van der Waals surface area contributed by atoms with Crippen LogP contribution in [0.3, 0.4) is 0 Å². The second-order valence-electron chi connectivity index (χ2n) is 5.45. The number of benzene rings is 2. The first-order chi connectivity index (χ1) is 11.5. The minimum atomic E-state index is -0.862. The van der Waals surface area contributed by atoms with E-state index in [9.17, 15) is 9.59 Å². The first kappa shape index (κ1) is 18.2. The Balaban J connectivity index is 1.97. The maximum atomic E-state index is 12.4. The average Bonchev–Trinajstić information content (AvgIpc) is 2.58. The van der Waals surface area contributed by atoms with Crippen LogP contribution in [0.5, 0.6) is 0 Å². The fourth-order valence-electron chi connectivity index (χ4n) is 2.31. The molecule has 0 heterocycles. The number of hydrogen-bond acceptors (Lipinski definition) is 3. The number of ether oxygens (including phenoxy) is 1. The predicted octanol–water partition coefficient (Wildman–Crippen LogP) is 4.51. The van der Waals surface area contributed by atoms with Crippen molar-refractivity contribution < 1.29 is 14.3 Å². The van der Waals surface area contributed by atoms with Crippen LogP contribution >= 0.6 is 15.9 Å². The number of esters is 1. The van der Waals surface area contributed by atoms with E-state index in [0.29, 0.717) is 12.1 Å². The van der Waals surface area contributed by atoms with Crippen molar-refractivity contribution in [2.75, 3.05) is 5.32 Å². The largest absolute Gasteiger partial charge is 0.452 e. The SMILES string of the molecule is CC[C@@H](C(=O)O[C@@H](C)C(=O)Nc1ccc(Br)cc1)c1ccccc1. The molecule has 2 rings (SSSR count). The summed E-state index contributed by atoms with van der Waals surface area (Å²) in [5.74, 6) is -1.11. The van der Waals surface area contributed by atoms with Gasteiger partial charge in [0.1, 0.15) is 0 Å². The standard InChI is InChI=1S/C19H20BrNO3/c1-3-17(14-7-5-4-6-8-14)19(23)24-13(2)18(22)21-16-11-9-15(20)10-12-16/h4-13,17H,3H2,1-2H3,(H,21,22)/t13-,17+/m0/s1. The lowest BCUT2D eigenvalue weighted by Gasteiger charge is -2.18. The van der Waals surface area contributed by atoms with Crippen LogP contribution in [0, 0.1) is 0 Å². The summed E-state index contributed by atoms with van der Waals surface area (Å²) in [5, 5.41) is 2.73. The van der Waals surface area contributed by atoms with Gasteiger partial charge in [-0.1, -0.05) is 53.2 Å². The number of anilines is 1. The highest BCUT2D eigenvalue weighted by atomic mass is 79.9. The molecule has 0 bridgehead atoms. The fourth-order valence-corrected chi connectivity index (χ4v) is 2.58. The third-order valence-electron chi connectivity index (χ3n) is 3.67. The summed E-state index contributed by atoms with van der Waals surface area (Å²) >= 11 is 3.34. The molecule has 1 amide bonds. The van der Waals surface area contributed by atoms with Crippen molar-refractivity contribution in [1.29, 1.82) is 0 Å². The van der Waals surface area contributed by atoms with Crippen molar-refractivity contribution in [3.63, 3.8) is 0 Å². The molecule has 4 nitrogen and oxygen atoms in total. The van der Waals surface area contributed by atoms with Crippen LogP contribution in [0.25, 0.3) is 0 Å². The Labute approximate surface area is 150 Å². The lowest BCUT2D eigenvalue weighted by molar-refractivity contribution is -0.154. The number of hydrogen-bond donors (Lipinski definition) is 1. The average molecular weight is 390 g/mol. The molecule has 0 aliphatic heterocycles. The normalized spacial score (nSPS) is 13.0. The van der Waals surface area contributed by atoms with Crippen molar-refractivity contribution >= 4 is 33.5 Å². The summed E-state index contributed by atoms with van der Waals surface area (Å²) in [4.78, 5) is 24.6. The Morgan fingerprint density at radius 2 is 1.71 bits per heavy atom. The van der Waals surface area contributed by atoms with Crippen molar-refractivity contribution in [1.82, 2.24) is 0 Å². The zero-order chi connectivity index (χ0) is 17.5. The van der Waals surface area contributed by atoms with Crippen molar-refractivity contribution in [3.05, 3.63) is 64.6 Å². The molecule has 0 fully saturated rings. The molecule has 24 heavy (non-hydrogen) atoms. The summed E-state index contributed by atoms with van der Waals surface area (Å²) in [5.41, 5.74) is 1.55. The Morgan fingerprint density at radius 3 is 2.29 bits per heavy atom. The van der Waals surface area contributed by atoms with Crippen LogP contribution in [-0.2, 0) is 14.3 Å². The molecule has 0 aliphatic rings. The number of nitrogens with one attached hydrogen (secondary N) is 1. The summed E-state index contributed by atoms with van der Waals surface area (Å²) < 4.78 is 6.28. The number of carbonyl (C=O) groups excluding carboxylic acids is 2. The number of carbonyl (C=O) groups is 2. The maximum Gasteiger partial charge on any atom is 0.314 e. The van der Waals surface area contributed by atoms with E-state index in [1.165, 1.54) is 0 Å². The number of amides is 1. The highest BCUT2D eigenvalue weighted by Crippen LogP contribution is 2.22. The molecule has 2 aromatic carbocycles. The molecule has 2 atom stereocenters. The van der Waals surface area contributed by atoms with E-state index < -0.39 is 6.10 Å². The van der Waals surface area contributed by atoms with Gasteiger partial charge in [-0.05, 0) is 43.2 Å². The second-order valence-corrected chi connectivity index (χ2v) is 6.36. The van der Waals surface area contributed by atoms with Gasteiger partial charge in [0.25, 0.3) is 5.91 Å². The maximum absolute atomic E-state index is 12.4. The molecule has 0 spiro atoms. The molecule has 0 radical (unpaired) electrons. The van der Waals surface area contributed by atoms with E-state index in [-0.39, 0.29) is 17.8 Å². The van der Waals surface area contributed by atoms with Gasteiger partial charge in [-0.2, -0.15) is 0 Å². The summed E-state index contributed by atoms with van der Waals surface area (Å²) in [6.45, 7) is 3.50. The van der Waals surface area contributed by atoms with Crippen molar-refractivity contribution in [2.24, 2.45) is 0 Å². The van der Waals surface area contributed by atoms with E-state index in [1.807, 2.05) is 49.4 Å². The van der Waals surface area contributed by atoms with Crippen LogP contribution in [0.15, 0.2) is 59.1 Å². The molecule has 0 unspecified atom stereocenters. The molecule has 126 valence electrons. The summed E-state index contributed by atoms with van der Waals surface area (Å²) in [6.07, 6.45) is -0.247. The quantitative estimate of drug-likeness (QED) is 0.739. The fraction of sp³-hybridized carbons (Fsp3) is 0.263. The molecular formula is C19H20BrNO3. The van der Waals surface area contributed by atoms with Gasteiger partial charge in [-0.15, -0.1) is 0 Å².